The molecular formula is C20H36IN5O3S. The number of halogens is 1. The molecule has 2 N–H and O–H groups in total. The zero-order valence-corrected chi connectivity index (χ0v) is 21.8. The summed E-state index contributed by atoms with van der Waals surface area (Å²) in [6.45, 7) is 12.4. The van der Waals surface area contributed by atoms with Gasteiger partial charge in [0.05, 0.1) is 31.5 Å². The Hall–Kier alpha value is -0.980. The number of carbonyl (C=O) groups excluding carboxylic acids is 1. The molecule has 8 nitrogen and oxygen atoms in total. The Kier molecular flexibility index (Phi) is 12.8. The molecule has 1 aromatic heterocycles. The minimum Gasteiger partial charge on any atom is -0.462 e. The SMILES string of the molecule is CCNC(=NCC1CCCN1CCOC)NC(C)c1nc(C)c(C(=O)OCC)s1.I. The molecule has 2 rings (SSSR count). The van der Waals surface area contributed by atoms with E-state index in [4.69, 9.17) is 14.5 Å². The number of aryl methyl sites for hydroxylation is 1. The van der Waals surface area contributed by atoms with Gasteiger partial charge in [-0.15, -0.1) is 35.3 Å². The Morgan fingerprint density at radius 1 is 1.43 bits per heavy atom. The fraction of sp³-hybridized carbons (Fsp3) is 0.750. The molecule has 0 aliphatic carbocycles. The quantitative estimate of drug-likeness (QED) is 0.199. The number of aromatic nitrogens is 1. The maximum atomic E-state index is 12.1. The first-order valence-electron chi connectivity index (χ1n) is 10.4. The number of thiazole rings is 1. The summed E-state index contributed by atoms with van der Waals surface area (Å²) < 4.78 is 10.3. The van der Waals surface area contributed by atoms with Gasteiger partial charge in [0.15, 0.2) is 5.96 Å². The van der Waals surface area contributed by atoms with Crippen molar-refractivity contribution < 1.29 is 14.3 Å². The second-order valence-electron chi connectivity index (χ2n) is 7.10. The molecular weight excluding hydrogens is 517 g/mol. The van der Waals surface area contributed by atoms with E-state index >= 15 is 0 Å². The van der Waals surface area contributed by atoms with Crippen LogP contribution in [0.4, 0.5) is 0 Å². The predicted octanol–water partition coefficient (Wildman–Crippen LogP) is 2.97. The number of ether oxygens (including phenoxy) is 2. The van der Waals surface area contributed by atoms with E-state index in [0.717, 1.165) is 50.2 Å². The number of nitrogens with zero attached hydrogens (tertiary/aromatic N) is 3. The summed E-state index contributed by atoms with van der Waals surface area (Å²) >= 11 is 1.38. The van der Waals surface area contributed by atoms with Crippen LogP contribution in [0.2, 0.25) is 0 Å². The number of esters is 1. The number of rotatable bonds is 10. The fourth-order valence-electron chi connectivity index (χ4n) is 3.38. The van der Waals surface area contributed by atoms with Crippen LogP contribution >= 0.6 is 35.3 Å². The van der Waals surface area contributed by atoms with Gasteiger partial charge in [0.1, 0.15) is 9.88 Å². The fourth-order valence-corrected chi connectivity index (χ4v) is 4.34. The Bertz CT molecular complexity index is 685. The lowest BCUT2D eigenvalue weighted by atomic mass is 10.2. The number of hydrogen-bond donors (Lipinski definition) is 2. The number of guanidine groups is 1. The Morgan fingerprint density at radius 2 is 2.20 bits per heavy atom. The van der Waals surface area contributed by atoms with E-state index in [1.165, 1.54) is 17.8 Å². The van der Waals surface area contributed by atoms with Crippen molar-refractivity contribution in [1.82, 2.24) is 20.5 Å². The molecule has 1 fully saturated rings. The van der Waals surface area contributed by atoms with Crippen molar-refractivity contribution in [3.05, 3.63) is 15.6 Å². The maximum absolute atomic E-state index is 12.1. The standard InChI is InChI=1S/C20H35N5O3S.HI/c1-6-21-20(22-13-16-9-8-10-25(16)11-12-27-5)24-15(4)18-23-14(3)17(29-18)19(26)28-7-2;/h15-16H,6-13H2,1-5H3,(H2,21,22,24);1H. The van der Waals surface area contributed by atoms with Crippen molar-refractivity contribution in [2.45, 2.75) is 52.6 Å². The summed E-state index contributed by atoms with van der Waals surface area (Å²) in [5, 5.41) is 7.58. The van der Waals surface area contributed by atoms with Crippen LogP contribution in [0.15, 0.2) is 4.99 Å². The summed E-state index contributed by atoms with van der Waals surface area (Å²) in [4.78, 5) is 24.5. The highest BCUT2D eigenvalue weighted by Crippen LogP contribution is 2.24. The van der Waals surface area contributed by atoms with Crippen LogP contribution in [0.3, 0.4) is 0 Å². The number of likely N-dealkylation sites (tertiary alicyclic amines) is 1. The van der Waals surface area contributed by atoms with Crippen molar-refractivity contribution in [3.8, 4) is 0 Å². The van der Waals surface area contributed by atoms with Crippen molar-refractivity contribution in [2.75, 3.05) is 46.5 Å². The first-order chi connectivity index (χ1) is 14.0. The number of aliphatic imine (C=N–C) groups is 1. The molecule has 1 aliphatic heterocycles. The van der Waals surface area contributed by atoms with E-state index in [9.17, 15) is 4.79 Å². The monoisotopic (exact) mass is 553 g/mol. The molecule has 172 valence electrons. The molecule has 0 spiro atoms. The molecule has 0 radical (unpaired) electrons. The van der Waals surface area contributed by atoms with Gasteiger partial charge in [0.25, 0.3) is 0 Å². The van der Waals surface area contributed by atoms with Crippen molar-refractivity contribution in [1.29, 1.82) is 0 Å². The van der Waals surface area contributed by atoms with E-state index in [2.05, 4.69) is 27.4 Å². The zero-order chi connectivity index (χ0) is 21.2. The molecule has 1 aromatic rings. The van der Waals surface area contributed by atoms with Gasteiger partial charge in [-0.25, -0.2) is 9.78 Å². The Morgan fingerprint density at radius 3 is 2.87 bits per heavy atom. The van der Waals surface area contributed by atoms with E-state index in [0.29, 0.717) is 23.2 Å². The van der Waals surface area contributed by atoms with Gasteiger partial charge in [0.2, 0.25) is 0 Å². The highest BCUT2D eigenvalue weighted by Gasteiger charge is 2.24. The Balaban J connectivity index is 0.00000450. The highest BCUT2D eigenvalue weighted by molar-refractivity contribution is 14.0. The molecule has 0 aromatic carbocycles. The molecule has 0 amide bonds. The number of methoxy groups -OCH3 is 1. The summed E-state index contributed by atoms with van der Waals surface area (Å²) in [6.07, 6.45) is 2.37. The average Bonchev–Trinajstić information content (AvgIpc) is 3.31. The summed E-state index contributed by atoms with van der Waals surface area (Å²) in [6, 6.07) is 0.390. The first kappa shape index (κ1) is 27.1. The topological polar surface area (TPSA) is 88.1 Å². The molecule has 0 saturated carbocycles. The van der Waals surface area contributed by atoms with Gasteiger partial charge in [-0.2, -0.15) is 0 Å². The van der Waals surface area contributed by atoms with Crippen LogP contribution in [-0.2, 0) is 9.47 Å². The van der Waals surface area contributed by atoms with Crippen LogP contribution in [0.5, 0.6) is 0 Å². The van der Waals surface area contributed by atoms with Crippen LogP contribution in [0, 0.1) is 6.92 Å². The zero-order valence-electron chi connectivity index (χ0n) is 18.7. The molecule has 30 heavy (non-hydrogen) atoms. The van der Waals surface area contributed by atoms with Crippen molar-refractivity contribution >= 4 is 47.2 Å². The molecule has 1 saturated heterocycles. The van der Waals surface area contributed by atoms with Crippen LogP contribution in [0.1, 0.15) is 60.0 Å². The van der Waals surface area contributed by atoms with Crippen molar-refractivity contribution in [2.24, 2.45) is 4.99 Å². The minimum absolute atomic E-state index is 0. The summed E-state index contributed by atoms with van der Waals surface area (Å²) in [5.74, 6) is 0.461. The lowest BCUT2D eigenvalue weighted by Gasteiger charge is -2.23. The normalized spacial score (nSPS) is 18.0. The summed E-state index contributed by atoms with van der Waals surface area (Å²) in [5.41, 5.74) is 0.707. The van der Waals surface area contributed by atoms with E-state index in [1.54, 1.807) is 14.0 Å². The van der Waals surface area contributed by atoms with E-state index in [1.807, 2.05) is 13.8 Å². The third-order valence-electron chi connectivity index (χ3n) is 4.88. The predicted molar refractivity (Wildman–Crippen MR) is 132 cm³/mol. The van der Waals surface area contributed by atoms with Crippen LogP contribution < -0.4 is 10.6 Å². The number of carbonyl (C=O) groups is 1. The molecule has 1 aliphatic rings. The van der Waals surface area contributed by atoms with E-state index in [-0.39, 0.29) is 36.0 Å². The third kappa shape index (κ3) is 7.93. The lowest BCUT2D eigenvalue weighted by molar-refractivity contribution is 0.0531. The summed E-state index contributed by atoms with van der Waals surface area (Å²) in [7, 11) is 1.74. The van der Waals surface area contributed by atoms with Gasteiger partial charge in [0, 0.05) is 26.2 Å². The molecule has 2 atom stereocenters. The van der Waals surface area contributed by atoms with Crippen LogP contribution in [-0.4, -0.2) is 74.4 Å². The molecule has 0 bridgehead atoms. The minimum atomic E-state index is -0.307. The van der Waals surface area contributed by atoms with Gasteiger partial charge in [-0.05, 0) is 47.1 Å². The highest BCUT2D eigenvalue weighted by atomic mass is 127. The molecule has 2 unspecified atom stereocenters. The molecule has 2 heterocycles. The van der Waals surface area contributed by atoms with Crippen molar-refractivity contribution in [3.63, 3.8) is 0 Å². The maximum Gasteiger partial charge on any atom is 0.350 e. The van der Waals surface area contributed by atoms with Gasteiger partial charge in [-0.1, -0.05) is 0 Å². The van der Waals surface area contributed by atoms with E-state index < -0.39 is 0 Å². The lowest BCUT2D eigenvalue weighted by Crippen LogP contribution is -2.40. The third-order valence-corrected chi connectivity index (χ3v) is 6.20. The van der Waals surface area contributed by atoms with Gasteiger partial charge in [-0.3, -0.25) is 9.89 Å². The number of nitrogens with one attached hydrogen (secondary N) is 2. The smallest absolute Gasteiger partial charge is 0.350 e. The van der Waals surface area contributed by atoms with Gasteiger partial charge < -0.3 is 20.1 Å². The first-order valence-corrected chi connectivity index (χ1v) is 11.2. The molecule has 10 heteroatoms. The van der Waals surface area contributed by atoms with Gasteiger partial charge >= 0.3 is 5.97 Å². The number of hydrogen-bond acceptors (Lipinski definition) is 7. The average molecular weight is 554 g/mol. The Labute approximate surface area is 201 Å². The second kappa shape index (κ2) is 14.2. The largest absolute Gasteiger partial charge is 0.462 e. The van der Waals surface area contributed by atoms with Crippen LogP contribution in [0.25, 0.3) is 0 Å². The second-order valence-corrected chi connectivity index (χ2v) is 8.13.